The molecule has 0 heterocycles. The molecule has 25 heavy (non-hydrogen) atoms. The molecule has 1 fully saturated rings. The Morgan fingerprint density at radius 1 is 1.00 bits per heavy atom. The van der Waals surface area contributed by atoms with Gasteiger partial charge in [-0.25, -0.2) is 0 Å². The monoisotopic (exact) mass is 338 g/mol. The smallest absolute Gasteiger partial charge is 0.260 e. The van der Waals surface area contributed by atoms with E-state index in [2.05, 4.69) is 17.4 Å². The van der Waals surface area contributed by atoms with Crippen LogP contribution in [0.5, 0.6) is 5.75 Å². The number of carbonyl (C=O) groups is 1. The molecule has 2 aromatic carbocycles. The maximum Gasteiger partial charge on any atom is 0.260 e. The zero-order valence-electron chi connectivity index (χ0n) is 14.7. The van der Waals surface area contributed by atoms with E-state index >= 15 is 0 Å². The number of benzene rings is 2. The number of hydrogen-bond acceptors (Lipinski definition) is 3. The number of carbonyl (C=O) groups excluding carboxylic acids is 1. The van der Waals surface area contributed by atoms with Crippen LogP contribution in [0.15, 0.2) is 54.6 Å². The zero-order valence-corrected chi connectivity index (χ0v) is 14.7. The largest absolute Gasteiger partial charge is 0.481 e. The second kappa shape index (κ2) is 8.17. The van der Waals surface area contributed by atoms with E-state index in [9.17, 15) is 4.79 Å². The van der Waals surface area contributed by atoms with Crippen molar-refractivity contribution >= 4 is 5.91 Å². The fourth-order valence-corrected chi connectivity index (χ4v) is 3.20. The van der Waals surface area contributed by atoms with Crippen molar-refractivity contribution in [3.63, 3.8) is 0 Å². The highest BCUT2D eigenvalue weighted by Crippen LogP contribution is 2.23. The van der Waals surface area contributed by atoms with Gasteiger partial charge in [-0.2, -0.15) is 0 Å². The minimum absolute atomic E-state index is 0.0624. The van der Waals surface area contributed by atoms with Gasteiger partial charge < -0.3 is 15.8 Å². The lowest BCUT2D eigenvalue weighted by Crippen LogP contribution is -2.45. The van der Waals surface area contributed by atoms with Crippen LogP contribution in [0.3, 0.4) is 0 Å². The second-order valence-electron chi connectivity index (χ2n) is 6.77. The average molecular weight is 338 g/mol. The molecule has 4 heteroatoms. The quantitative estimate of drug-likeness (QED) is 0.877. The zero-order chi connectivity index (χ0) is 17.6. The Bertz CT molecular complexity index is 677. The van der Waals surface area contributed by atoms with Crippen molar-refractivity contribution in [3.05, 3.63) is 54.6 Å². The summed E-state index contributed by atoms with van der Waals surface area (Å²) in [6, 6.07) is 18.5. The molecule has 0 bridgehead atoms. The first-order valence-electron chi connectivity index (χ1n) is 9.00. The van der Waals surface area contributed by atoms with Crippen LogP contribution < -0.4 is 15.8 Å². The minimum Gasteiger partial charge on any atom is -0.481 e. The molecule has 1 aliphatic carbocycles. The van der Waals surface area contributed by atoms with Gasteiger partial charge in [0.15, 0.2) is 6.10 Å². The van der Waals surface area contributed by atoms with Crippen molar-refractivity contribution in [1.29, 1.82) is 0 Å². The maximum atomic E-state index is 12.3. The van der Waals surface area contributed by atoms with Gasteiger partial charge in [0.2, 0.25) is 0 Å². The topological polar surface area (TPSA) is 64.3 Å². The van der Waals surface area contributed by atoms with Gasteiger partial charge in [-0.15, -0.1) is 0 Å². The van der Waals surface area contributed by atoms with Crippen LogP contribution in [-0.4, -0.2) is 24.1 Å². The molecule has 3 rings (SSSR count). The van der Waals surface area contributed by atoms with E-state index in [0.29, 0.717) is 5.75 Å². The van der Waals surface area contributed by atoms with Crippen molar-refractivity contribution in [1.82, 2.24) is 5.32 Å². The van der Waals surface area contributed by atoms with E-state index < -0.39 is 6.10 Å². The predicted molar refractivity (Wildman–Crippen MR) is 100 cm³/mol. The summed E-state index contributed by atoms with van der Waals surface area (Å²) in [5.41, 5.74) is 8.20. The lowest BCUT2D eigenvalue weighted by Gasteiger charge is -2.27. The third-order valence-electron chi connectivity index (χ3n) is 4.76. The van der Waals surface area contributed by atoms with Crippen LogP contribution in [0.2, 0.25) is 0 Å². The van der Waals surface area contributed by atoms with Crippen molar-refractivity contribution in [2.75, 3.05) is 0 Å². The average Bonchev–Trinajstić information content (AvgIpc) is 2.65. The van der Waals surface area contributed by atoms with Crippen LogP contribution in [-0.2, 0) is 4.79 Å². The molecule has 1 unspecified atom stereocenters. The Kier molecular flexibility index (Phi) is 5.71. The first kappa shape index (κ1) is 17.5. The fourth-order valence-electron chi connectivity index (χ4n) is 3.20. The highest BCUT2D eigenvalue weighted by Gasteiger charge is 2.23. The van der Waals surface area contributed by atoms with Crippen LogP contribution in [0.4, 0.5) is 0 Å². The number of nitrogens with one attached hydrogen (secondary N) is 1. The van der Waals surface area contributed by atoms with Crippen LogP contribution >= 0.6 is 0 Å². The number of hydrogen-bond donors (Lipinski definition) is 2. The van der Waals surface area contributed by atoms with Crippen molar-refractivity contribution in [2.45, 2.75) is 50.8 Å². The molecule has 132 valence electrons. The summed E-state index contributed by atoms with van der Waals surface area (Å²) in [5.74, 6) is 0.639. The minimum atomic E-state index is -0.516. The van der Waals surface area contributed by atoms with Gasteiger partial charge in [0, 0.05) is 12.1 Å². The summed E-state index contributed by atoms with van der Waals surface area (Å²) in [7, 11) is 0. The molecule has 1 atom stereocenters. The number of rotatable bonds is 5. The first-order valence-corrected chi connectivity index (χ1v) is 9.00. The van der Waals surface area contributed by atoms with E-state index in [0.717, 1.165) is 36.8 Å². The molecule has 0 radical (unpaired) electrons. The number of ether oxygens (including phenoxy) is 1. The lowest BCUT2D eigenvalue weighted by molar-refractivity contribution is -0.128. The summed E-state index contributed by atoms with van der Waals surface area (Å²) >= 11 is 0. The molecule has 1 aliphatic rings. The highest BCUT2D eigenvalue weighted by atomic mass is 16.5. The normalized spacial score (nSPS) is 21.4. The van der Waals surface area contributed by atoms with Crippen LogP contribution in [0.25, 0.3) is 11.1 Å². The number of nitrogens with two attached hydrogens (primary N) is 1. The molecule has 2 aromatic rings. The van der Waals surface area contributed by atoms with E-state index in [-0.39, 0.29) is 18.0 Å². The highest BCUT2D eigenvalue weighted by molar-refractivity contribution is 5.81. The molecule has 1 saturated carbocycles. The summed E-state index contributed by atoms with van der Waals surface area (Å²) in [5, 5.41) is 3.08. The first-order chi connectivity index (χ1) is 12.1. The Balaban J connectivity index is 1.53. The molecule has 1 amide bonds. The second-order valence-corrected chi connectivity index (χ2v) is 6.77. The maximum absolute atomic E-state index is 12.3. The SMILES string of the molecule is CC(Oc1ccc(-c2ccccc2)cc1)C(=O)NC1CCC(N)CC1. The fraction of sp³-hybridized carbons (Fsp3) is 0.381. The summed E-state index contributed by atoms with van der Waals surface area (Å²) < 4.78 is 5.79. The molecule has 0 aromatic heterocycles. The van der Waals surface area contributed by atoms with Gasteiger partial charge in [0.05, 0.1) is 0 Å². The van der Waals surface area contributed by atoms with E-state index in [1.54, 1.807) is 6.92 Å². The predicted octanol–water partition coefficient (Wildman–Crippen LogP) is 3.51. The third kappa shape index (κ3) is 4.83. The van der Waals surface area contributed by atoms with Crippen LogP contribution in [0.1, 0.15) is 32.6 Å². The van der Waals surface area contributed by atoms with Crippen molar-refractivity contribution in [3.8, 4) is 16.9 Å². The van der Waals surface area contributed by atoms with Gasteiger partial charge >= 0.3 is 0 Å². The molecule has 3 N–H and O–H groups in total. The van der Waals surface area contributed by atoms with E-state index in [1.807, 2.05) is 42.5 Å². The molecular formula is C21H26N2O2. The van der Waals surface area contributed by atoms with Crippen molar-refractivity contribution < 1.29 is 9.53 Å². The van der Waals surface area contributed by atoms with Crippen molar-refractivity contribution in [2.24, 2.45) is 5.73 Å². The Hall–Kier alpha value is -2.33. The van der Waals surface area contributed by atoms with Gasteiger partial charge in [-0.3, -0.25) is 4.79 Å². The molecular weight excluding hydrogens is 312 g/mol. The van der Waals surface area contributed by atoms with Gasteiger partial charge in [0.25, 0.3) is 5.91 Å². The van der Waals surface area contributed by atoms with Gasteiger partial charge in [-0.1, -0.05) is 42.5 Å². The van der Waals surface area contributed by atoms with E-state index in [4.69, 9.17) is 10.5 Å². The Morgan fingerprint density at radius 3 is 2.24 bits per heavy atom. The van der Waals surface area contributed by atoms with E-state index in [1.165, 1.54) is 0 Å². The number of amides is 1. The van der Waals surface area contributed by atoms with Gasteiger partial charge in [0.1, 0.15) is 5.75 Å². The summed E-state index contributed by atoms with van der Waals surface area (Å²) in [4.78, 5) is 12.3. The molecule has 4 nitrogen and oxygen atoms in total. The van der Waals surface area contributed by atoms with Crippen LogP contribution in [0, 0.1) is 0 Å². The summed E-state index contributed by atoms with van der Waals surface area (Å²) in [6.07, 6.45) is 3.33. The summed E-state index contributed by atoms with van der Waals surface area (Å²) in [6.45, 7) is 1.79. The third-order valence-corrected chi connectivity index (χ3v) is 4.76. The Labute approximate surface area is 149 Å². The lowest BCUT2D eigenvalue weighted by atomic mass is 9.92. The Morgan fingerprint density at radius 2 is 1.60 bits per heavy atom. The molecule has 0 saturated heterocycles. The molecule has 0 spiro atoms. The van der Waals surface area contributed by atoms with Gasteiger partial charge in [-0.05, 0) is 55.9 Å². The molecule has 0 aliphatic heterocycles. The standard InChI is InChI=1S/C21H26N2O2/c1-15(21(24)23-19-11-9-18(22)10-12-19)25-20-13-7-17(8-14-20)16-5-3-2-4-6-16/h2-8,13-15,18-19H,9-12,22H2,1H3,(H,23,24).